The first kappa shape index (κ1) is 76.2. The molecule has 4 fully saturated rings. The number of benzene rings is 8. The molecule has 0 amide bonds. The Labute approximate surface area is 680 Å². The van der Waals surface area contributed by atoms with Gasteiger partial charge in [0, 0.05) is 108 Å². The summed E-state index contributed by atoms with van der Waals surface area (Å²) in [6.07, 6.45) is 33.5. The summed E-state index contributed by atoms with van der Waals surface area (Å²) in [6.45, 7) is 32.0. The SMILES string of the molecule is Cc1cc2oc3c(C#N)c(C4CCCCC4)ccc3c2cc1-c1cccc[n+]1C.[C-]#[N+]c1c(-c2cccc[n+]2C)c(C)cc2oc3cc(C4CCCCC4)ccc3c12.[C-]#[N+]c1cc(C2CCCCC2)cc2oc3cc(C)c(-c4cccc[n+]4C)cc3c12.[C-]#[N+]c1cc2c(cc1C1CCCCC1)oc1cc(C)c(-c3cccc[n+]3C)cc12. The van der Waals surface area contributed by atoms with Crippen LogP contribution in [0.15, 0.2) is 212 Å². The van der Waals surface area contributed by atoms with Gasteiger partial charge < -0.3 is 17.7 Å². The van der Waals surface area contributed by atoms with E-state index in [-0.39, 0.29) is 0 Å². The molecular formula is C104H100N8O4+4. The molecule has 4 saturated carbocycles. The quantitative estimate of drug-likeness (QED) is 0.111. The molecule has 0 saturated heterocycles. The van der Waals surface area contributed by atoms with Gasteiger partial charge in [-0.25, -0.2) is 32.8 Å². The summed E-state index contributed by atoms with van der Waals surface area (Å²) < 4.78 is 33.6. The average molecular weight is 1530 g/mol. The van der Waals surface area contributed by atoms with E-state index in [4.69, 9.17) is 37.4 Å². The summed E-state index contributed by atoms with van der Waals surface area (Å²) in [5.74, 6) is 2.17. The molecule has 0 spiro atoms. The molecule has 0 N–H and O–H groups in total. The van der Waals surface area contributed by atoms with Crippen molar-refractivity contribution in [2.75, 3.05) is 0 Å². The summed E-state index contributed by atoms with van der Waals surface area (Å²) in [5.41, 5.74) is 28.5. The molecule has 0 unspecified atom stereocenters. The Hall–Kier alpha value is -12.5. The van der Waals surface area contributed by atoms with Crippen LogP contribution >= 0.6 is 0 Å². The number of hydrogen-bond donors (Lipinski definition) is 0. The number of rotatable bonds is 8. The molecule has 0 atom stereocenters. The van der Waals surface area contributed by atoms with Crippen molar-refractivity contribution in [1.29, 1.82) is 5.26 Å². The maximum absolute atomic E-state index is 9.98. The van der Waals surface area contributed by atoms with Crippen molar-refractivity contribution < 1.29 is 35.9 Å². The van der Waals surface area contributed by atoms with Crippen LogP contribution in [0.5, 0.6) is 0 Å². The topological polar surface area (TPSA) is 105 Å². The van der Waals surface area contributed by atoms with Crippen LogP contribution in [0.25, 0.3) is 147 Å². The van der Waals surface area contributed by atoms with E-state index in [9.17, 15) is 5.26 Å². The number of hydrogen-bond acceptors (Lipinski definition) is 5. The Morgan fingerprint density at radius 2 is 0.741 bits per heavy atom. The zero-order chi connectivity index (χ0) is 79.8. The molecular weight excluding hydrogens is 1430 g/mol. The highest BCUT2D eigenvalue weighted by Gasteiger charge is 2.30. The Morgan fingerprint density at radius 3 is 1.25 bits per heavy atom. The third-order valence-corrected chi connectivity index (χ3v) is 25.9. The lowest BCUT2D eigenvalue weighted by Gasteiger charge is -2.23. The van der Waals surface area contributed by atoms with Crippen molar-refractivity contribution in [3.8, 4) is 51.1 Å². The van der Waals surface area contributed by atoms with Gasteiger partial charge in [0.15, 0.2) is 41.7 Å². The summed E-state index contributed by atoms with van der Waals surface area (Å²) in [7, 11) is 8.22. The number of aryl methyl sites for hydroxylation is 8. The second-order valence-electron chi connectivity index (χ2n) is 33.2. The predicted octanol–water partition coefficient (Wildman–Crippen LogP) is 27.3. The van der Waals surface area contributed by atoms with E-state index in [1.807, 2.05) is 43.6 Å². The Bertz CT molecular complexity index is 6600. The number of pyridine rings is 4. The zero-order valence-electron chi connectivity index (χ0n) is 68.1. The van der Waals surface area contributed by atoms with Gasteiger partial charge in [-0.05, 0) is 233 Å². The standard InChI is InChI=1S/4C26H25N2O/c1-17-15-23-25(26(27-2)24(17)21-11-7-8-14-28(21)3)20-13-12-19(16-22(20)29-23)18-9-5-4-6-10-18;1-17-13-25-21(14-19(17)24-11-7-8-12-28(24)3)22-15-23(27-2)20(16-26(22)29-25)18-9-5-4-6-10-18;1-17-13-24-21(16-20(17)23-11-7-8-12-28(23)3)26-22(27-2)14-19(15-25(26)29-24)18-9-5-4-6-10-18;1-17-14-25-22(15-21(17)24-10-6-7-13-28(24)2)20-12-11-19(18-8-4-3-5-9-18)23(16-27)26(20)29-25/h3*7-8,11-16,18H,4-6,9-10H2,1,3H3;6-7,10-15,18H,3-5,8-9H2,1-2H3/q4*+1. The highest BCUT2D eigenvalue weighted by atomic mass is 16.3. The molecule has 8 aromatic heterocycles. The minimum atomic E-state index is 0.483. The normalized spacial score (nSPS) is 15.1. The fourth-order valence-corrected chi connectivity index (χ4v) is 19.7. The zero-order valence-corrected chi connectivity index (χ0v) is 68.1. The van der Waals surface area contributed by atoms with Gasteiger partial charge >= 0.3 is 0 Å². The molecule has 20 rings (SSSR count). The van der Waals surface area contributed by atoms with Gasteiger partial charge in [-0.3, -0.25) is 0 Å². The summed E-state index contributed by atoms with van der Waals surface area (Å²) >= 11 is 0. The van der Waals surface area contributed by atoms with Gasteiger partial charge in [0.05, 0.1) is 30.8 Å². The third-order valence-electron chi connectivity index (χ3n) is 25.9. The first-order valence-corrected chi connectivity index (χ1v) is 42.0. The molecule has 4 aliphatic carbocycles. The van der Waals surface area contributed by atoms with Gasteiger partial charge in [0.2, 0.25) is 28.5 Å². The van der Waals surface area contributed by atoms with Crippen LogP contribution in [0, 0.1) is 58.7 Å². The highest BCUT2D eigenvalue weighted by molar-refractivity contribution is 6.16. The smallest absolute Gasteiger partial charge is 0.212 e. The lowest BCUT2D eigenvalue weighted by molar-refractivity contribution is -0.660. The molecule has 116 heavy (non-hydrogen) atoms. The number of fused-ring (bicyclic) bond motifs is 12. The van der Waals surface area contributed by atoms with E-state index >= 15 is 0 Å². The van der Waals surface area contributed by atoms with E-state index < -0.39 is 0 Å². The van der Waals surface area contributed by atoms with E-state index in [0.717, 1.165) is 122 Å². The fourth-order valence-electron chi connectivity index (χ4n) is 19.7. The highest BCUT2D eigenvalue weighted by Crippen LogP contribution is 2.49. The van der Waals surface area contributed by atoms with Crippen LogP contribution < -0.4 is 18.3 Å². The van der Waals surface area contributed by atoms with E-state index in [1.54, 1.807) is 0 Å². The van der Waals surface area contributed by atoms with E-state index in [2.05, 4.69) is 246 Å². The lowest BCUT2D eigenvalue weighted by atomic mass is 9.82. The number of aromatic nitrogens is 4. The Kier molecular flexibility index (Phi) is 21.5. The molecule has 576 valence electrons. The van der Waals surface area contributed by atoms with Crippen molar-refractivity contribution in [3.63, 3.8) is 0 Å². The summed E-state index contributed by atoms with van der Waals surface area (Å²) in [4.78, 5) is 11.8. The van der Waals surface area contributed by atoms with E-state index in [0.29, 0.717) is 35.0 Å². The van der Waals surface area contributed by atoms with Crippen LogP contribution in [0.3, 0.4) is 0 Å². The van der Waals surface area contributed by atoms with E-state index in [1.165, 1.54) is 195 Å². The fraction of sp³-hybridized carbons (Fsp3) is 0.308. The van der Waals surface area contributed by atoms with Crippen LogP contribution in [-0.4, -0.2) is 0 Å². The monoisotopic (exact) mass is 1520 g/mol. The molecule has 0 aliphatic heterocycles. The third kappa shape index (κ3) is 14.5. The van der Waals surface area contributed by atoms with Gasteiger partial charge in [-0.2, -0.15) is 5.26 Å². The van der Waals surface area contributed by atoms with Crippen LogP contribution in [0.2, 0.25) is 0 Å². The van der Waals surface area contributed by atoms with Crippen molar-refractivity contribution >= 4 is 105 Å². The summed E-state index contributed by atoms with van der Waals surface area (Å²) in [5, 5.41) is 18.2. The maximum Gasteiger partial charge on any atom is 0.212 e. The van der Waals surface area contributed by atoms with Crippen molar-refractivity contribution in [1.82, 2.24) is 0 Å². The molecule has 0 radical (unpaired) electrons. The van der Waals surface area contributed by atoms with Crippen molar-refractivity contribution in [2.45, 2.75) is 180 Å². The first-order chi connectivity index (χ1) is 56.6. The van der Waals surface area contributed by atoms with Crippen LogP contribution in [0.1, 0.15) is 202 Å². The van der Waals surface area contributed by atoms with Gasteiger partial charge in [-0.1, -0.05) is 113 Å². The minimum Gasteiger partial charge on any atom is -0.457 e. The second kappa shape index (κ2) is 32.8. The number of furan rings is 4. The predicted molar refractivity (Wildman–Crippen MR) is 467 cm³/mol. The largest absolute Gasteiger partial charge is 0.457 e. The molecule has 4 aliphatic rings. The van der Waals surface area contributed by atoms with Crippen LogP contribution in [0.4, 0.5) is 17.1 Å². The molecule has 0 bridgehead atoms. The summed E-state index contributed by atoms with van der Waals surface area (Å²) in [6, 6.07) is 61.9. The van der Waals surface area contributed by atoms with Gasteiger partial charge in [0.1, 0.15) is 73.3 Å². The number of nitrogens with zero attached hydrogens (tertiary/aromatic N) is 8. The molecule has 8 heterocycles. The van der Waals surface area contributed by atoms with Gasteiger partial charge in [-0.15, -0.1) is 0 Å². The van der Waals surface area contributed by atoms with Crippen LogP contribution in [-0.2, 0) is 28.2 Å². The minimum absolute atomic E-state index is 0.483. The second-order valence-corrected chi connectivity index (χ2v) is 33.2. The maximum atomic E-state index is 9.98. The van der Waals surface area contributed by atoms with Gasteiger partial charge in [0.25, 0.3) is 0 Å². The Balaban J connectivity index is 0.000000111. The number of nitriles is 1. The van der Waals surface area contributed by atoms with Crippen molar-refractivity contribution in [2.24, 2.45) is 28.2 Å². The Morgan fingerprint density at radius 1 is 0.336 bits per heavy atom. The lowest BCUT2D eigenvalue weighted by Crippen LogP contribution is -2.30. The first-order valence-electron chi connectivity index (χ1n) is 42.0. The molecule has 12 nitrogen and oxygen atoms in total. The average Bonchev–Trinajstić information content (AvgIpc) is 1.50. The molecule has 16 aromatic rings. The molecule has 8 aromatic carbocycles. The molecule has 12 heteroatoms. The van der Waals surface area contributed by atoms with Crippen molar-refractivity contribution in [3.05, 3.63) is 279 Å².